The molecule has 7 heteroatoms. The highest BCUT2D eigenvalue weighted by Crippen LogP contribution is 2.28. The fourth-order valence-corrected chi connectivity index (χ4v) is 4.60. The number of rotatable bonds is 5. The van der Waals surface area contributed by atoms with Crippen molar-refractivity contribution >= 4 is 34.9 Å². The van der Waals surface area contributed by atoms with Gasteiger partial charge in [0.05, 0.1) is 6.04 Å². The zero-order valence-corrected chi connectivity index (χ0v) is 18.8. The summed E-state index contributed by atoms with van der Waals surface area (Å²) in [6.07, 6.45) is 6.15. The maximum atomic E-state index is 5.58. The minimum absolute atomic E-state index is 0.106. The Morgan fingerprint density at radius 3 is 2.47 bits per heavy atom. The van der Waals surface area contributed by atoms with Crippen LogP contribution in [0.3, 0.4) is 0 Å². The Morgan fingerprint density at radius 1 is 1.03 bits per heavy atom. The minimum Gasteiger partial charge on any atom is -0.356 e. The number of nitrogens with zero attached hydrogens (tertiary/aromatic N) is 4. The van der Waals surface area contributed by atoms with Crippen LogP contribution < -0.4 is 20.4 Å². The molecule has 30 heavy (non-hydrogen) atoms. The van der Waals surface area contributed by atoms with Crippen molar-refractivity contribution in [1.82, 2.24) is 15.3 Å². The summed E-state index contributed by atoms with van der Waals surface area (Å²) in [7, 11) is 0. The van der Waals surface area contributed by atoms with Gasteiger partial charge < -0.3 is 20.4 Å². The van der Waals surface area contributed by atoms with Gasteiger partial charge in [-0.25, -0.2) is 0 Å². The molecule has 0 bridgehead atoms. The van der Waals surface area contributed by atoms with Crippen molar-refractivity contribution in [2.45, 2.75) is 58.0 Å². The Bertz CT molecular complexity index is 852. The molecule has 0 amide bonds. The predicted octanol–water partition coefficient (Wildman–Crippen LogP) is 4.50. The summed E-state index contributed by atoms with van der Waals surface area (Å²) in [6.45, 7) is 7.55. The van der Waals surface area contributed by atoms with E-state index in [2.05, 4.69) is 52.5 Å². The highest BCUT2D eigenvalue weighted by molar-refractivity contribution is 7.80. The standard InChI is InChI=1S/C23H32N6S/c1-17-10-6-7-15-29(17)21-16-20(28-13-8-9-14-28)25-22(26-21)27-23(30)24-18(2)19-11-4-3-5-12-19/h3-5,11-12,16-18H,6-10,13-15H2,1-2H3,(H2,24,25,26,27,30)/t17-,18+/m1/s1. The van der Waals surface area contributed by atoms with E-state index in [0.717, 1.165) is 31.3 Å². The van der Waals surface area contributed by atoms with E-state index in [1.807, 2.05) is 18.2 Å². The average Bonchev–Trinajstić information content (AvgIpc) is 3.29. The van der Waals surface area contributed by atoms with Gasteiger partial charge >= 0.3 is 0 Å². The molecule has 2 N–H and O–H groups in total. The highest BCUT2D eigenvalue weighted by Gasteiger charge is 2.23. The van der Waals surface area contributed by atoms with E-state index in [1.54, 1.807) is 0 Å². The van der Waals surface area contributed by atoms with Crippen LogP contribution in [0.25, 0.3) is 0 Å². The lowest BCUT2D eigenvalue weighted by molar-refractivity contribution is 0.481. The zero-order chi connectivity index (χ0) is 20.9. The van der Waals surface area contributed by atoms with E-state index in [9.17, 15) is 0 Å². The second-order valence-corrected chi connectivity index (χ2v) is 8.78. The van der Waals surface area contributed by atoms with E-state index in [4.69, 9.17) is 22.2 Å². The molecule has 2 aromatic rings. The first-order chi connectivity index (χ1) is 14.6. The van der Waals surface area contributed by atoms with Crippen LogP contribution in [0.1, 0.15) is 57.6 Å². The maximum Gasteiger partial charge on any atom is 0.232 e. The van der Waals surface area contributed by atoms with Crippen molar-refractivity contribution in [2.75, 3.05) is 34.8 Å². The molecule has 160 valence electrons. The van der Waals surface area contributed by atoms with Gasteiger partial charge in [0.25, 0.3) is 0 Å². The summed E-state index contributed by atoms with van der Waals surface area (Å²) < 4.78 is 0. The third-order valence-electron chi connectivity index (χ3n) is 6.10. The SMILES string of the molecule is C[C@H](NC(=S)Nc1nc(N2CCCC2)cc(N2CCCC[C@H]2C)n1)c1ccccc1. The monoisotopic (exact) mass is 424 g/mol. The summed E-state index contributed by atoms with van der Waals surface area (Å²) >= 11 is 5.58. The number of hydrogen-bond acceptors (Lipinski definition) is 5. The van der Waals surface area contributed by atoms with Crippen LogP contribution in [0.5, 0.6) is 0 Å². The molecular formula is C23H32N6S. The summed E-state index contributed by atoms with van der Waals surface area (Å²) in [5, 5.41) is 7.14. The molecule has 0 spiro atoms. The van der Waals surface area contributed by atoms with Crippen LogP contribution in [-0.4, -0.2) is 40.8 Å². The third kappa shape index (κ3) is 5.01. The molecule has 3 heterocycles. The van der Waals surface area contributed by atoms with Gasteiger partial charge in [-0.05, 0) is 63.7 Å². The molecular weight excluding hydrogens is 392 g/mol. The van der Waals surface area contributed by atoms with Crippen LogP contribution in [-0.2, 0) is 0 Å². The average molecular weight is 425 g/mol. The van der Waals surface area contributed by atoms with Crippen molar-refractivity contribution in [3.8, 4) is 0 Å². The van der Waals surface area contributed by atoms with Crippen LogP contribution in [0.15, 0.2) is 36.4 Å². The molecule has 2 aliphatic rings. The molecule has 1 aromatic heterocycles. The third-order valence-corrected chi connectivity index (χ3v) is 6.32. The summed E-state index contributed by atoms with van der Waals surface area (Å²) in [5.74, 6) is 2.57. The van der Waals surface area contributed by atoms with Gasteiger partial charge in [0.1, 0.15) is 11.6 Å². The Morgan fingerprint density at radius 2 is 1.73 bits per heavy atom. The molecule has 0 saturated carbocycles. The normalized spacial score (nSPS) is 20.1. The lowest BCUT2D eigenvalue weighted by Gasteiger charge is -2.35. The van der Waals surface area contributed by atoms with Gasteiger partial charge in [0.2, 0.25) is 5.95 Å². The number of piperidine rings is 1. The lowest BCUT2D eigenvalue weighted by Crippen LogP contribution is -2.38. The van der Waals surface area contributed by atoms with Crippen LogP contribution >= 0.6 is 12.2 Å². The summed E-state index contributed by atoms with van der Waals surface area (Å²) in [6, 6.07) is 13.1. The molecule has 2 atom stereocenters. The van der Waals surface area contributed by atoms with Gasteiger partial charge in [-0.1, -0.05) is 30.3 Å². The molecule has 0 unspecified atom stereocenters. The van der Waals surface area contributed by atoms with E-state index in [1.165, 1.54) is 37.7 Å². The molecule has 6 nitrogen and oxygen atoms in total. The largest absolute Gasteiger partial charge is 0.356 e. The topological polar surface area (TPSA) is 56.3 Å². The van der Waals surface area contributed by atoms with Gasteiger partial charge in [-0.15, -0.1) is 0 Å². The number of thiocarbonyl (C=S) groups is 1. The van der Waals surface area contributed by atoms with Gasteiger partial charge in [-0.3, -0.25) is 0 Å². The van der Waals surface area contributed by atoms with Gasteiger partial charge in [0.15, 0.2) is 5.11 Å². The number of hydrogen-bond donors (Lipinski definition) is 2. The molecule has 2 saturated heterocycles. The van der Waals surface area contributed by atoms with E-state index < -0.39 is 0 Å². The zero-order valence-electron chi connectivity index (χ0n) is 18.0. The van der Waals surface area contributed by atoms with Crippen molar-refractivity contribution in [1.29, 1.82) is 0 Å². The first kappa shape index (κ1) is 20.8. The van der Waals surface area contributed by atoms with E-state index in [0.29, 0.717) is 17.1 Å². The van der Waals surface area contributed by atoms with Crippen LogP contribution in [0.2, 0.25) is 0 Å². The fourth-order valence-electron chi connectivity index (χ4n) is 4.33. The number of anilines is 3. The smallest absolute Gasteiger partial charge is 0.232 e. The van der Waals surface area contributed by atoms with Crippen molar-refractivity contribution in [3.05, 3.63) is 42.0 Å². The van der Waals surface area contributed by atoms with Gasteiger partial charge in [-0.2, -0.15) is 9.97 Å². The fraction of sp³-hybridized carbons (Fsp3) is 0.522. The van der Waals surface area contributed by atoms with Crippen LogP contribution in [0, 0.1) is 0 Å². The maximum absolute atomic E-state index is 5.58. The second-order valence-electron chi connectivity index (χ2n) is 8.37. The molecule has 2 aliphatic heterocycles. The van der Waals surface area contributed by atoms with Crippen molar-refractivity contribution < 1.29 is 0 Å². The Balaban J connectivity index is 1.53. The molecule has 4 rings (SSSR count). The summed E-state index contributed by atoms with van der Waals surface area (Å²) in [5.41, 5.74) is 1.19. The predicted molar refractivity (Wildman–Crippen MR) is 128 cm³/mol. The molecule has 2 fully saturated rings. The minimum atomic E-state index is 0.106. The van der Waals surface area contributed by atoms with Crippen LogP contribution in [0.4, 0.5) is 17.6 Å². The molecule has 0 aliphatic carbocycles. The Labute approximate surface area is 185 Å². The van der Waals surface area contributed by atoms with Crippen molar-refractivity contribution in [3.63, 3.8) is 0 Å². The first-order valence-electron chi connectivity index (χ1n) is 11.1. The lowest BCUT2D eigenvalue weighted by atomic mass is 10.0. The number of aromatic nitrogens is 2. The second kappa shape index (κ2) is 9.60. The Hall–Kier alpha value is -2.41. The highest BCUT2D eigenvalue weighted by atomic mass is 32.1. The Kier molecular flexibility index (Phi) is 6.67. The molecule has 1 aromatic carbocycles. The van der Waals surface area contributed by atoms with E-state index in [-0.39, 0.29) is 6.04 Å². The summed E-state index contributed by atoms with van der Waals surface area (Å²) in [4.78, 5) is 14.4. The van der Waals surface area contributed by atoms with Crippen molar-refractivity contribution in [2.24, 2.45) is 0 Å². The molecule has 0 radical (unpaired) electrons. The quantitative estimate of drug-likeness (QED) is 0.685. The van der Waals surface area contributed by atoms with Gasteiger partial charge in [0, 0.05) is 31.7 Å². The number of nitrogens with one attached hydrogen (secondary N) is 2. The number of benzene rings is 1. The van der Waals surface area contributed by atoms with E-state index >= 15 is 0 Å². The first-order valence-corrected chi connectivity index (χ1v) is 11.5.